The van der Waals surface area contributed by atoms with Gasteiger partial charge in [-0.15, -0.1) is 0 Å². The standard InChI is InChI=1S/C24H35Br3O4/c1-3-5-7-9-11-13-15-18-19(16-14-12-10-8-6-4-2)22(24(29)31-27)20(17-21(18)25)23(28)30-26/h17H,3-16H2,1-2H3. The van der Waals surface area contributed by atoms with E-state index in [2.05, 4.69) is 62.3 Å². The Kier molecular flexibility index (Phi) is 15.8. The molecule has 0 heterocycles. The Hall–Kier alpha value is -0.400. The van der Waals surface area contributed by atoms with Crippen molar-refractivity contribution in [3.05, 3.63) is 32.8 Å². The van der Waals surface area contributed by atoms with E-state index < -0.39 is 11.9 Å². The molecule has 1 rings (SSSR count). The van der Waals surface area contributed by atoms with Crippen LogP contribution in [-0.2, 0) is 20.5 Å². The second-order valence-electron chi connectivity index (χ2n) is 8.00. The molecule has 0 radical (unpaired) electrons. The van der Waals surface area contributed by atoms with Gasteiger partial charge in [-0.1, -0.05) is 94.0 Å². The van der Waals surface area contributed by atoms with Crippen molar-refractivity contribution >= 4 is 60.4 Å². The van der Waals surface area contributed by atoms with E-state index in [0.717, 1.165) is 54.1 Å². The summed E-state index contributed by atoms with van der Waals surface area (Å²) in [6.45, 7) is 4.42. The first-order chi connectivity index (χ1) is 15.0. The van der Waals surface area contributed by atoms with Crippen molar-refractivity contribution in [3.63, 3.8) is 0 Å². The molecule has 0 aromatic heterocycles. The first kappa shape index (κ1) is 28.6. The zero-order valence-electron chi connectivity index (χ0n) is 18.7. The summed E-state index contributed by atoms with van der Waals surface area (Å²) < 4.78 is 10.5. The van der Waals surface area contributed by atoms with Crippen LogP contribution in [0.2, 0.25) is 0 Å². The molecule has 0 saturated heterocycles. The van der Waals surface area contributed by atoms with E-state index >= 15 is 0 Å². The minimum absolute atomic E-state index is 0.209. The van der Waals surface area contributed by atoms with Crippen molar-refractivity contribution in [2.75, 3.05) is 0 Å². The lowest BCUT2D eigenvalue weighted by atomic mass is 9.89. The fourth-order valence-electron chi connectivity index (χ4n) is 3.93. The molecule has 1 aromatic rings. The molecule has 0 N–H and O–H groups in total. The smallest absolute Gasteiger partial charge is 0.350 e. The average Bonchev–Trinajstić information content (AvgIpc) is 2.78. The van der Waals surface area contributed by atoms with E-state index in [0.29, 0.717) is 5.56 Å². The maximum absolute atomic E-state index is 12.7. The highest BCUT2D eigenvalue weighted by atomic mass is 79.9. The summed E-state index contributed by atoms with van der Waals surface area (Å²) >= 11 is 9.21. The minimum Gasteiger partial charge on any atom is -0.380 e. The van der Waals surface area contributed by atoms with Crippen molar-refractivity contribution < 1.29 is 17.2 Å². The van der Waals surface area contributed by atoms with E-state index in [-0.39, 0.29) is 5.56 Å². The summed E-state index contributed by atoms with van der Waals surface area (Å²) in [5.41, 5.74) is 2.51. The summed E-state index contributed by atoms with van der Waals surface area (Å²) in [4.78, 5) is 25.0. The Labute approximate surface area is 213 Å². The lowest BCUT2D eigenvalue weighted by Gasteiger charge is -2.18. The summed E-state index contributed by atoms with van der Waals surface area (Å²) in [5.74, 6) is -1.17. The molecule has 0 aliphatic carbocycles. The van der Waals surface area contributed by atoms with Crippen molar-refractivity contribution in [1.82, 2.24) is 0 Å². The van der Waals surface area contributed by atoms with Crippen LogP contribution >= 0.6 is 48.4 Å². The van der Waals surface area contributed by atoms with Crippen LogP contribution in [0.4, 0.5) is 0 Å². The van der Waals surface area contributed by atoms with Gasteiger partial charge in [-0.25, -0.2) is 9.59 Å². The Morgan fingerprint density at radius 1 is 0.710 bits per heavy atom. The predicted molar refractivity (Wildman–Crippen MR) is 137 cm³/mol. The Morgan fingerprint density at radius 3 is 1.65 bits per heavy atom. The molecular formula is C24H35Br3O4. The van der Waals surface area contributed by atoms with Crippen molar-refractivity contribution in [1.29, 1.82) is 0 Å². The lowest BCUT2D eigenvalue weighted by molar-refractivity contribution is 0.0739. The van der Waals surface area contributed by atoms with Crippen LogP contribution < -0.4 is 0 Å². The van der Waals surface area contributed by atoms with Crippen molar-refractivity contribution in [3.8, 4) is 0 Å². The topological polar surface area (TPSA) is 52.6 Å². The predicted octanol–water partition coefficient (Wildman–Crippen LogP) is 9.19. The average molecular weight is 627 g/mol. The molecular weight excluding hydrogens is 592 g/mol. The minimum atomic E-state index is -0.607. The van der Waals surface area contributed by atoms with Gasteiger partial charge in [0.25, 0.3) is 0 Å². The first-order valence-electron chi connectivity index (χ1n) is 11.5. The molecule has 0 bridgehead atoms. The van der Waals surface area contributed by atoms with Gasteiger partial charge in [0, 0.05) is 4.47 Å². The van der Waals surface area contributed by atoms with Gasteiger partial charge in [0.15, 0.2) is 32.5 Å². The van der Waals surface area contributed by atoms with E-state index in [1.807, 2.05) is 0 Å². The third-order valence-corrected chi connectivity index (χ3v) is 6.92. The number of carbonyl (C=O) groups is 2. The van der Waals surface area contributed by atoms with Crippen LogP contribution in [0.1, 0.15) is 123 Å². The van der Waals surface area contributed by atoms with Gasteiger partial charge in [-0.2, -0.15) is 0 Å². The van der Waals surface area contributed by atoms with Crippen LogP contribution in [0, 0.1) is 0 Å². The maximum Gasteiger partial charge on any atom is 0.350 e. The van der Waals surface area contributed by atoms with Gasteiger partial charge in [0.1, 0.15) is 0 Å². The van der Waals surface area contributed by atoms with Gasteiger partial charge >= 0.3 is 11.9 Å². The Bertz CT molecular complexity index is 692. The largest absolute Gasteiger partial charge is 0.380 e. The molecule has 7 heteroatoms. The van der Waals surface area contributed by atoms with Crippen molar-refractivity contribution in [2.45, 2.75) is 104 Å². The molecule has 0 amide bonds. The monoisotopic (exact) mass is 624 g/mol. The molecule has 0 fully saturated rings. The van der Waals surface area contributed by atoms with Crippen LogP contribution in [0.25, 0.3) is 0 Å². The van der Waals surface area contributed by atoms with Crippen LogP contribution in [0.5, 0.6) is 0 Å². The number of halogens is 3. The highest BCUT2D eigenvalue weighted by molar-refractivity contribution is 9.10. The fraction of sp³-hybridized carbons (Fsp3) is 0.667. The third-order valence-electron chi connectivity index (χ3n) is 5.62. The highest BCUT2D eigenvalue weighted by Gasteiger charge is 2.27. The zero-order chi connectivity index (χ0) is 23.1. The van der Waals surface area contributed by atoms with E-state index in [1.54, 1.807) is 6.07 Å². The molecule has 31 heavy (non-hydrogen) atoms. The fourth-order valence-corrected chi connectivity index (χ4v) is 4.93. The molecule has 1 aromatic carbocycles. The normalized spacial score (nSPS) is 10.9. The van der Waals surface area contributed by atoms with E-state index in [9.17, 15) is 9.59 Å². The third kappa shape index (κ3) is 9.95. The van der Waals surface area contributed by atoms with E-state index in [4.69, 9.17) is 7.66 Å². The van der Waals surface area contributed by atoms with Crippen LogP contribution in [0.3, 0.4) is 0 Å². The van der Waals surface area contributed by atoms with Gasteiger partial charge in [-0.05, 0) is 42.9 Å². The summed E-state index contributed by atoms with van der Waals surface area (Å²) in [6, 6.07) is 1.68. The lowest BCUT2D eigenvalue weighted by Crippen LogP contribution is -2.15. The number of carbonyl (C=O) groups excluding carboxylic acids is 2. The molecule has 0 aliphatic rings. The number of hydrogen-bond donors (Lipinski definition) is 0. The van der Waals surface area contributed by atoms with Crippen molar-refractivity contribution in [2.24, 2.45) is 0 Å². The molecule has 0 unspecified atom stereocenters. The molecule has 0 aliphatic heterocycles. The quantitative estimate of drug-likeness (QED) is 0.172. The zero-order valence-corrected chi connectivity index (χ0v) is 23.5. The molecule has 0 atom stereocenters. The van der Waals surface area contributed by atoms with Gasteiger partial charge in [0.2, 0.25) is 0 Å². The SMILES string of the molecule is CCCCCCCCc1c(Br)cc(C(=O)OBr)c(C(=O)OBr)c1CCCCCCCC. The second kappa shape index (κ2) is 17.1. The maximum atomic E-state index is 12.7. The van der Waals surface area contributed by atoms with Gasteiger partial charge in [0.05, 0.1) is 11.1 Å². The number of benzene rings is 1. The van der Waals surface area contributed by atoms with Gasteiger partial charge < -0.3 is 7.66 Å². The summed E-state index contributed by atoms with van der Waals surface area (Å²) in [5, 5.41) is 0. The number of hydrogen-bond acceptors (Lipinski definition) is 4. The molecule has 0 saturated carbocycles. The number of unbranched alkanes of at least 4 members (excludes halogenated alkanes) is 10. The molecule has 176 valence electrons. The van der Waals surface area contributed by atoms with Gasteiger partial charge in [-0.3, -0.25) is 0 Å². The van der Waals surface area contributed by atoms with Crippen LogP contribution in [-0.4, -0.2) is 11.9 Å². The first-order valence-corrected chi connectivity index (χ1v) is 13.6. The molecule has 4 nitrogen and oxygen atoms in total. The molecule has 0 spiro atoms. The second-order valence-corrected chi connectivity index (χ2v) is 9.50. The van der Waals surface area contributed by atoms with Crippen LogP contribution in [0.15, 0.2) is 10.5 Å². The summed E-state index contributed by atoms with van der Waals surface area (Å²) in [6.07, 6.45) is 15.8. The Balaban J connectivity index is 3.13. The number of rotatable bonds is 16. The highest BCUT2D eigenvalue weighted by Crippen LogP contribution is 2.32. The summed E-state index contributed by atoms with van der Waals surface area (Å²) in [7, 11) is 0. The Morgan fingerprint density at radius 2 is 1.16 bits per heavy atom. The van der Waals surface area contributed by atoms with E-state index in [1.165, 1.54) is 51.4 Å².